The summed E-state index contributed by atoms with van der Waals surface area (Å²) in [6.07, 6.45) is -0.863. The van der Waals surface area contributed by atoms with E-state index < -0.39 is 6.29 Å². The van der Waals surface area contributed by atoms with E-state index in [1.54, 1.807) is 0 Å². The maximum absolute atomic E-state index is 9.41. The Kier molecular flexibility index (Phi) is 2.90. The quantitative estimate of drug-likeness (QED) is 0.537. The van der Waals surface area contributed by atoms with Gasteiger partial charge < -0.3 is 15.6 Å². The first kappa shape index (κ1) is 10.0. The number of benzene rings is 1. The summed E-state index contributed by atoms with van der Waals surface area (Å²) >= 11 is 0. The van der Waals surface area contributed by atoms with Gasteiger partial charge in [0.25, 0.3) is 0 Å². The Morgan fingerprint density at radius 2 is 1.77 bits per heavy atom. The van der Waals surface area contributed by atoms with Crippen LogP contribution in [0.2, 0.25) is 0 Å². The third-order valence-corrected chi connectivity index (χ3v) is 2.12. The minimum absolute atomic E-state index is 0.742. The van der Waals surface area contributed by atoms with Crippen molar-refractivity contribution in [3.05, 3.63) is 28.8 Å². The second kappa shape index (κ2) is 3.77. The fraction of sp³-hybridized carbons (Fsp3) is 0.400. The molecule has 0 aliphatic carbocycles. The van der Waals surface area contributed by atoms with Crippen LogP contribution in [0.25, 0.3) is 0 Å². The molecule has 0 saturated heterocycles. The van der Waals surface area contributed by atoms with Crippen molar-refractivity contribution in [2.24, 2.45) is 0 Å². The van der Waals surface area contributed by atoms with Gasteiger partial charge >= 0.3 is 0 Å². The fourth-order valence-electron chi connectivity index (χ4n) is 1.29. The van der Waals surface area contributed by atoms with Crippen LogP contribution in [0.1, 0.15) is 23.0 Å². The monoisotopic (exact) mass is 181 g/mol. The molecule has 13 heavy (non-hydrogen) atoms. The van der Waals surface area contributed by atoms with Crippen LogP contribution in [-0.4, -0.2) is 12.2 Å². The van der Waals surface area contributed by atoms with Crippen molar-refractivity contribution in [1.82, 2.24) is 0 Å². The van der Waals surface area contributed by atoms with Crippen LogP contribution < -0.4 is 5.73 Å². The lowest BCUT2D eigenvalue weighted by Crippen LogP contribution is -2.02. The van der Waals surface area contributed by atoms with Gasteiger partial charge in [-0.1, -0.05) is 0 Å². The molecule has 0 radical (unpaired) electrons. The Hall–Kier alpha value is -1.06. The SMILES string of the molecule is COC(O)c1cc(C)c(N)c(C)c1. The highest BCUT2D eigenvalue weighted by Crippen LogP contribution is 2.22. The lowest BCUT2D eigenvalue weighted by atomic mass is 10.0. The topological polar surface area (TPSA) is 55.5 Å². The number of nitrogen functional groups attached to an aromatic ring is 1. The first-order valence-electron chi connectivity index (χ1n) is 4.13. The molecule has 0 spiro atoms. The number of ether oxygens (including phenoxy) is 1. The van der Waals surface area contributed by atoms with E-state index in [9.17, 15) is 5.11 Å². The molecule has 0 aliphatic rings. The van der Waals surface area contributed by atoms with E-state index in [0.29, 0.717) is 0 Å². The Morgan fingerprint density at radius 3 is 2.15 bits per heavy atom. The van der Waals surface area contributed by atoms with Crippen molar-refractivity contribution in [2.45, 2.75) is 20.1 Å². The van der Waals surface area contributed by atoms with Crippen LogP contribution in [0.15, 0.2) is 12.1 Å². The van der Waals surface area contributed by atoms with Gasteiger partial charge in [-0.2, -0.15) is 0 Å². The molecular weight excluding hydrogens is 166 g/mol. The number of anilines is 1. The molecule has 0 aromatic heterocycles. The average Bonchev–Trinajstić information content (AvgIpc) is 2.12. The van der Waals surface area contributed by atoms with Crippen molar-refractivity contribution < 1.29 is 9.84 Å². The second-order valence-corrected chi connectivity index (χ2v) is 3.16. The molecule has 1 aromatic rings. The highest BCUT2D eigenvalue weighted by Gasteiger charge is 2.08. The lowest BCUT2D eigenvalue weighted by molar-refractivity contribution is -0.0769. The van der Waals surface area contributed by atoms with Crippen LogP contribution in [0.3, 0.4) is 0 Å². The number of hydrogen-bond acceptors (Lipinski definition) is 3. The van der Waals surface area contributed by atoms with Crippen molar-refractivity contribution in [1.29, 1.82) is 0 Å². The smallest absolute Gasteiger partial charge is 0.180 e. The number of aryl methyl sites for hydroxylation is 2. The van der Waals surface area contributed by atoms with Crippen LogP contribution in [0.4, 0.5) is 5.69 Å². The normalized spacial score (nSPS) is 12.9. The maximum atomic E-state index is 9.41. The Balaban J connectivity index is 3.13. The van der Waals surface area contributed by atoms with E-state index in [0.717, 1.165) is 22.4 Å². The number of nitrogens with two attached hydrogens (primary N) is 1. The van der Waals surface area contributed by atoms with Crippen molar-refractivity contribution in [2.75, 3.05) is 12.8 Å². The van der Waals surface area contributed by atoms with Gasteiger partial charge in [0.15, 0.2) is 6.29 Å². The standard InChI is InChI=1S/C10H15NO2/c1-6-4-8(10(12)13-3)5-7(2)9(6)11/h4-5,10,12H,11H2,1-3H3. The van der Waals surface area contributed by atoms with E-state index in [1.165, 1.54) is 7.11 Å². The average molecular weight is 181 g/mol. The molecule has 1 unspecified atom stereocenters. The zero-order valence-electron chi connectivity index (χ0n) is 8.16. The van der Waals surface area contributed by atoms with Gasteiger partial charge in [0.05, 0.1) is 0 Å². The molecule has 0 amide bonds. The Morgan fingerprint density at radius 1 is 1.31 bits per heavy atom. The van der Waals surface area contributed by atoms with Crippen molar-refractivity contribution >= 4 is 5.69 Å². The van der Waals surface area contributed by atoms with Crippen LogP contribution in [0.5, 0.6) is 0 Å². The van der Waals surface area contributed by atoms with Gasteiger partial charge in [-0.05, 0) is 37.1 Å². The van der Waals surface area contributed by atoms with Gasteiger partial charge in [0, 0.05) is 18.4 Å². The molecule has 0 aliphatic heterocycles. The van der Waals surface area contributed by atoms with E-state index in [-0.39, 0.29) is 0 Å². The number of rotatable bonds is 2. The summed E-state index contributed by atoms with van der Waals surface area (Å²) in [6.45, 7) is 3.82. The molecule has 3 heteroatoms. The molecular formula is C10H15NO2. The summed E-state index contributed by atoms with van der Waals surface area (Å²) in [4.78, 5) is 0. The Bertz CT molecular complexity index is 287. The third-order valence-electron chi connectivity index (χ3n) is 2.12. The number of aliphatic hydroxyl groups excluding tert-OH is 1. The highest BCUT2D eigenvalue weighted by atomic mass is 16.6. The molecule has 0 fully saturated rings. The van der Waals surface area contributed by atoms with E-state index in [2.05, 4.69) is 0 Å². The summed E-state index contributed by atoms with van der Waals surface area (Å²) in [7, 11) is 1.46. The first-order valence-corrected chi connectivity index (χ1v) is 4.13. The molecule has 3 N–H and O–H groups in total. The van der Waals surface area contributed by atoms with Crippen molar-refractivity contribution in [3.8, 4) is 0 Å². The van der Waals surface area contributed by atoms with Gasteiger partial charge in [-0.15, -0.1) is 0 Å². The summed E-state index contributed by atoms with van der Waals surface area (Å²) in [5, 5.41) is 9.41. The summed E-state index contributed by atoms with van der Waals surface area (Å²) < 4.78 is 4.80. The molecule has 0 saturated carbocycles. The zero-order chi connectivity index (χ0) is 10.0. The zero-order valence-corrected chi connectivity index (χ0v) is 8.16. The number of aliphatic hydroxyl groups is 1. The van der Waals surface area contributed by atoms with E-state index in [4.69, 9.17) is 10.5 Å². The lowest BCUT2D eigenvalue weighted by Gasteiger charge is -2.12. The predicted molar refractivity (Wildman–Crippen MR) is 52.3 cm³/mol. The minimum atomic E-state index is -0.863. The fourth-order valence-corrected chi connectivity index (χ4v) is 1.29. The summed E-state index contributed by atoms with van der Waals surface area (Å²) in [6, 6.07) is 3.66. The molecule has 3 nitrogen and oxygen atoms in total. The van der Waals surface area contributed by atoms with Gasteiger partial charge in [0.2, 0.25) is 0 Å². The molecule has 0 bridgehead atoms. The van der Waals surface area contributed by atoms with Gasteiger partial charge in [-0.3, -0.25) is 0 Å². The number of hydrogen-bond donors (Lipinski definition) is 2. The van der Waals surface area contributed by atoms with Gasteiger partial charge in [-0.25, -0.2) is 0 Å². The van der Waals surface area contributed by atoms with Crippen LogP contribution >= 0.6 is 0 Å². The minimum Gasteiger partial charge on any atom is -0.398 e. The van der Waals surface area contributed by atoms with Crippen LogP contribution in [0, 0.1) is 13.8 Å². The molecule has 1 rings (SSSR count). The van der Waals surface area contributed by atoms with E-state index in [1.807, 2.05) is 26.0 Å². The van der Waals surface area contributed by atoms with Gasteiger partial charge in [0.1, 0.15) is 0 Å². The predicted octanol–water partition coefficient (Wildman–Crippen LogP) is 1.52. The molecule has 0 heterocycles. The van der Waals surface area contributed by atoms with E-state index >= 15 is 0 Å². The second-order valence-electron chi connectivity index (χ2n) is 3.16. The largest absolute Gasteiger partial charge is 0.398 e. The molecule has 1 atom stereocenters. The maximum Gasteiger partial charge on any atom is 0.180 e. The molecule has 72 valence electrons. The summed E-state index contributed by atoms with van der Waals surface area (Å²) in [5.41, 5.74) is 9.21. The first-order chi connectivity index (χ1) is 6.06. The highest BCUT2D eigenvalue weighted by molar-refractivity contribution is 5.54. The molecule has 1 aromatic carbocycles. The Labute approximate surface area is 78.1 Å². The van der Waals surface area contributed by atoms with Crippen molar-refractivity contribution in [3.63, 3.8) is 0 Å². The summed E-state index contributed by atoms with van der Waals surface area (Å²) in [5.74, 6) is 0. The van der Waals surface area contributed by atoms with Crippen LogP contribution in [-0.2, 0) is 4.74 Å². The number of methoxy groups -OCH3 is 1. The third kappa shape index (κ3) is 1.99.